The zero-order valence-electron chi connectivity index (χ0n) is 8.94. The van der Waals surface area contributed by atoms with Crippen LogP contribution in [0.5, 0.6) is 0 Å². The lowest BCUT2D eigenvalue weighted by atomic mass is 9.77. The van der Waals surface area contributed by atoms with Gasteiger partial charge < -0.3 is 10.2 Å². The molecule has 0 amide bonds. The minimum atomic E-state index is -0.892. The van der Waals surface area contributed by atoms with Crippen LogP contribution in [0.4, 0.5) is 0 Å². The molecule has 0 aromatic heterocycles. The van der Waals surface area contributed by atoms with Crippen LogP contribution in [-0.4, -0.2) is 22.3 Å². The summed E-state index contributed by atoms with van der Waals surface area (Å²) >= 11 is 0. The lowest BCUT2D eigenvalue weighted by molar-refractivity contribution is -0.146. The molecule has 0 saturated heterocycles. The number of aliphatic hydroxyl groups is 1. The predicted molar refractivity (Wildman–Crippen MR) is 53.9 cm³/mol. The summed E-state index contributed by atoms with van der Waals surface area (Å²) in [5.74, 6) is -0.597. The first kappa shape index (κ1) is 11.5. The smallest absolute Gasteiger partial charge is 0.308 e. The van der Waals surface area contributed by atoms with Crippen LogP contribution in [0.25, 0.3) is 0 Å². The average molecular weight is 200 g/mol. The molecule has 0 radical (unpaired) electrons. The van der Waals surface area contributed by atoms with Crippen LogP contribution in [0.2, 0.25) is 0 Å². The summed E-state index contributed by atoms with van der Waals surface area (Å²) in [6.45, 7) is 3.80. The Morgan fingerprint density at radius 2 is 1.79 bits per heavy atom. The molecular weight excluding hydrogens is 180 g/mol. The molecule has 2 unspecified atom stereocenters. The number of carbonyl (C=O) groups is 1. The number of carboxylic acid groups (broad SMARTS) is 1. The highest BCUT2D eigenvalue weighted by atomic mass is 16.4. The minimum absolute atomic E-state index is 0.192. The fourth-order valence-corrected chi connectivity index (χ4v) is 2.18. The Hall–Kier alpha value is -0.570. The van der Waals surface area contributed by atoms with E-state index in [1.807, 2.05) is 0 Å². The van der Waals surface area contributed by atoms with Gasteiger partial charge in [0.2, 0.25) is 0 Å². The van der Waals surface area contributed by atoms with Crippen molar-refractivity contribution in [2.75, 3.05) is 0 Å². The molecule has 2 atom stereocenters. The molecule has 1 rings (SSSR count). The maximum Gasteiger partial charge on any atom is 0.308 e. The third-order valence-electron chi connectivity index (χ3n) is 3.45. The highest BCUT2D eigenvalue weighted by Crippen LogP contribution is 2.32. The predicted octanol–water partition coefficient (Wildman–Crippen LogP) is 1.89. The molecule has 1 aliphatic carbocycles. The Morgan fingerprint density at radius 1 is 1.29 bits per heavy atom. The second-order valence-electron chi connectivity index (χ2n) is 4.64. The molecule has 3 heteroatoms. The highest BCUT2D eigenvalue weighted by Gasteiger charge is 2.31. The fourth-order valence-electron chi connectivity index (χ4n) is 2.18. The second-order valence-corrected chi connectivity index (χ2v) is 4.64. The molecule has 0 spiro atoms. The minimum Gasteiger partial charge on any atom is -0.481 e. The largest absolute Gasteiger partial charge is 0.481 e. The van der Waals surface area contributed by atoms with Gasteiger partial charge in [0.05, 0.1) is 12.0 Å². The van der Waals surface area contributed by atoms with E-state index < -0.39 is 18.0 Å². The van der Waals surface area contributed by atoms with E-state index in [-0.39, 0.29) is 5.92 Å². The van der Waals surface area contributed by atoms with Gasteiger partial charge >= 0.3 is 5.97 Å². The van der Waals surface area contributed by atoms with Crippen LogP contribution in [0.3, 0.4) is 0 Å². The van der Waals surface area contributed by atoms with E-state index in [4.69, 9.17) is 5.11 Å². The number of carboxylic acids is 1. The van der Waals surface area contributed by atoms with Crippen molar-refractivity contribution in [2.24, 2.45) is 17.8 Å². The number of hydrogen-bond donors (Lipinski definition) is 2. The summed E-state index contributed by atoms with van der Waals surface area (Å²) in [4.78, 5) is 10.7. The van der Waals surface area contributed by atoms with Gasteiger partial charge in [-0.2, -0.15) is 0 Å². The summed E-state index contributed by atoms with van der Waals surface area (Å²) in [6.07, 6.45) is 3.52. The SMILES string of the molecule is CC1CCC(C(O)C(C)C(=O)O)CC1. The Bertz CT molecular complexity index is 195. The van der Waals surface area contributed by atoms with Crippen molar-refractivity contribution < 1.29 is 15.0 Å². The second kappa shape index (κ2) is 4.78. The molecule has 1 aliphatic rings. The van der Waals surface area contributed by atoms with Crippen molar-refractivity contribution in [1.29, 1.82) is 0 Å². The quantitative estimate of drug-likeness (QED) is 0.731. The maximum absolute atomic E-state index is 10.7. The fraction of sp³-hybridized carbons (Fsp3) is 0.909. The average Bonchev–Trinajstić information content (AvgIpc) is 2.16. The van der Waals surface area contributed by atoms with Crippen molar-refractivity contribution in [3.63, 3.8) is 0 Å². The molecule has 1 fully saturated rings. The van der Waals surface area contributed by atoms with Crippen molar-refractivity contribution in [2.45, 2.75) is 45.6 Å². The molecule has 0 aromatic rings. The van der Waals surface area contributed by atoms with Crippen LogP contribution >= 0.6 is 0 Å². The molecule has 1 saturated carbocycles. The zero-order valence-corrected chi connectivity index (χ0v) is 8.94. The molecule has 0 heterocycles. The molecule has 0 aliphatic heterocycles. The highest BCUT2D eigenvalue weighted by molar-refractivity contribution is 5.70. The lowest BCUT2D eigenvalue weighted by Crippen LogP contribution is -2.34. The Labute approximate surface area is 85.1 Å². The van der Waals surface area contributed by atoms with Gasteiger partial charge in [0, 0.05) is 0 Å². The first-order valence-corrected chi connectivity index (χ1v) is 5.43. The first-order chi connectivity index (χ1) is 6.52. The summed E-state index contributed by atoms with van der Waals surface area (Å²) in [7, 11) is 0. The molecular formula is C11H20O3. The standard InChI is InChI=1S/C11H20O3/c1-7-3-5-9(6-4-7)10(12)8(2)11(13)14/h7-10,12H,3-6H2,1-2H3,(H,13,14). The van der Waals surface area contributed by atoms with Crippen LogP contribution in [0.1, 0.15) is 39.5 Å². The Morgan fingerprint density at radius 3 is 2.21 bits per heavy atom. The summed E-state index contributed by atoms with van der Waals surface area (Å²) < 4.78 is 0. The van der Waals surface area contributed by atoms with Gasteiger partial charge in [0.1, 0.15) is 0 Å². The Balaban J connectivity index is 2.45. The lowest BCUT2D eigenvalue weighted by Gasteiger charge is -2.31. The molecule has 3 nitrogen and oxygen atoms in total. The summed E-state index contributed by atoms with van der Waals surface area (Å²) in [6, 6.07) is 0. The normalized spacial score (nSPS) is 32.2. The van der Waals surface area contributed by atoms with Gasteiger partial charge in [-0.3, -0.25) is 4.79 Å². The van der Waals surface area contributed by atoms with E-state index in [0.29, 0.717) is 0 Å². The Kier molecular flexibility index (Phi) is 3.93. The van der Waals surface area contributed by atoms with Crippen molar-refractivity contribution >= 4 is 5.97 Å². The first-order valence-electron chi connectivity index (χ1n) is 5.43. The molecule has 0 bridgehead atoms. The molecule has 0 aromatic carbocycles. The van der Waals surface area contributed by atoms with Gasteiger partial charge in [0.25, 0.3) is 0 Å². The van der Waals surface area contributed by atoms with E-state index in [1.165, 1.54) is 0 Å². The van der Waals surface area contributed by atoms with Crippen LogP contribution in [-0.2, 0) is 4.79 Å². The van der Waals surface area contributed by atoms with Gasteiger partial charge in [-0.15, -0.1) is 0 Å². The van der Waals surface area contributed by atoms with E-state index in [0.717, 1.165) is 31.6 Å². The van der Waals surface area contributed by atoms with E-state index in [1.54, 1.807) is 6.92 Å². The number of aliphatic hydroxyl groups excluding tert-OH is 1. The summed E-state index contributed by atoms with van der Waals surface area (Å²) in [5.41, 5.74) is 0. The van der Waals surface area contributed by atoms with E-state index >= 15 is 0 Å². The van der Waals surface area contributed by atoms with Crippen molar-refractivity contribution in [1.82, 2.24) is 0 Å². The number of hydrogen-bond acceptors (Lipinski definition) is 2. The van der Waals surface area contributed by atoms with Gasteiger partial charge in [-0.05, 0) is 31.6 Å². The van der Waals surface area contributed by atoms with Gasteiger partial charge in [0.15, 0.2) is 0 Å². The van der Waals surface area contributed by atoms with Gasteiger partial charge in [-0.25, -0.2) is 0 Å². The maximum atomic E-state index is 10.7. The van der Waals surface area contributed by atoms with Gasteiger partial charge in [-0.1, -0.05) is 19.8 Å². The van der Waals surface area contributed by atoms with Crippen molar-refractivity contribution in [3.8, 4) is 0 Å². The third-order valence-corrected chi connectivity index (χ3v) is 3.45. The molecule has 14 heavy (non-hydrogen) atoms. The van der Waals surface area contributed by atoms with E-state index in [2.05, 4.69) is 6.92 Å². The number of aliphatic carboxylic acids is 1. The third kappa shape index (κ3) is 2.71. The zero-order chi connectivity index (χ0) is 10.7. The monoisotopic (exact) mass is 200 g/mol. The molecule has 2 N–H and O–H groups in total. The number of rotatable bonds is 3. The van der Waals surface area contributed by atoms with Crippen LogP contribution in [0, 0.1) is 17.8 Å². The van der Waals surface area contributed by atoms with Crippen LogP contribution in [0.15, 0.2) is 0 Å². The van der Waals surface area contributed by atoms with Crippen LogP contribution < -0.4 is 0 Å². The molecule has 82 valence electrons. The summed E-state index contributed by atoms with van der Waals surface area (Å²) in [5, 5.41) is 18.6. The van der Waals surface area contributed by atoms with Crippen molar-refractivity contribution in [3.05, 3.63) is 0 Å². The van der Waals surface area contributed by atoms with E-state index in [9.17, 15) is 9.90 Å². The topological polar surface area (TPSA) is 57.5 Å².